The molecule has 0 fully saturated rings. The smallest absolute Gasteiger partial charge is 0.243 e. The van der Waals surface area contributed by atoms with E-state index in [0.717, 1.165) is 16.3 Å². The van der Waals surface area contributed by atoms with Crippen LogP contribution >= 0.6 is 22.9 Å². The summed E-state index contributed by atoms with van der Waals surface area (Å²) in [5.41, 5.74) is 1.54. The first-order valence-corrected chi connectivity index (χ1v) is 8.81. The number of thiazole rings is 1. The van der Waals surface area contributed by atoms with Crippen molar-refractivity contribution < 1.29 is 8.42 Å². The lowest BCUT2D eigenvalue weighted by molar-refractivity contribution is 0.462. The minimum Gasteiger partial charge on any atom is -0.245 e. The van der Waals surface area contributed by atoms with E-state index in [-0.39, 0.29) is 11.4 Å². The van der Waals surface area contributed by atoms with E-state index in [1.165, 1.54) is 15.6 Å². The Morgan fingerprint density at radius 3 is 2.75 bits per heavy atom. The molecule has 20 heavy (non-hydrogen) atoms. The first-order chi connectivity index (χ1) is 9.43. The van der Waals surface area contributed by atoms with E-state index in [1.54, 1.807) is 31.3 Å². The standard InChI is InChI=1S/C13H15ClN2O2S2/c1-10-15-12(9-19-10)8-16(2)20(17,18)13-5-3-4-11(6-13)7-14/h3-6,9H,7-8H2,1-2H3. The van der Waals surface area contributed by atoms with E-state index >= 15 is 0 Å². The number of aryl methyl sites for hydroxylation is 1. The fourth-order valence-corrected chi connectivity index (χ4v) is 3.75. The molecule has 0 atom stereocenters. The zero-order valence-electron chi connectivity index (χ0n) is 11.2. The number of sulfonamides is 1. The van der Waals surface area contributed by atoms with Crippen LogP contribution in [0.15, 0.2) is 34.5 Å². The summed E-state index contributed by atoms with van der Waals surface area (Å²) in [5, 5.41) is 2.80. The van der Waals surface area contributed by atoms with Gasteiger partial charge < -0.3 is 0 Å². The minimum absolute atomic E-state index is 0.255. The van der Waals surface area contributed by atoms with Crippen molar-refractivity contribution in [3.63, 3.8) is 0 Å². The predicted molar refractivity (Wildman–Crippen MR) is 81.5 cm³/mol. The monoisotopic (exact) mass is 330 g/mol. The lowest BCUT2D eigenvalue weighted by Gasteiger charge is -2.16. The van der Waals surface area contributed by atoms with Crippen LogP contribution in [-0.2, 0) is 22.4 Å². The van der Waals surface area contributed by atoms with Crippen LogP contribution < -0.4 is 0 Å². The number of nitrogens with zero attached hydrogens (tertiary/aromatic N) is 2. The van der Waals surface area contributed by atoms with Crippen LogP contribution in [0, 0.1) is 6.92 Å². The molecule has 108 valence electrons. The van der Waals surface area contributed by atoms with E-state index < -0.39 is 10.0 Å². The van der Waals surface area contributed by atoms with Gasteiger partial charge in [-0.3, -0.25) is 0 Å². The third-order valence-electron chi connectivity index (χ3n) is 2.81. The molecule has 0 saturated heterocycles. The van der Waals surface area contributed by atoms with E-state index in [2.05, 4.69) is 4.98 Å². The average Bonchev–Trinajstić information content (AvgIpc) is 2.84. The summed E-state index contributed by atoms with van der Waals surface area (Å²) in [6.07, 6.45) is 0. The highest BCUT2D eigenvalue weighted by molar-refractivity contribution is 7.89. The van der Waals surface area contributed by atoms with Crippen molar-refractivity contribution in [2.75, 3.05) is 7.05 Å². The lowest BCUT2D eigenvalue weighted by atomic mass is 10.2. The van der Waals surface area contributed by atoms with Gasteiger partial charge in [0.2, 0.25) is 10.0 Å². The van der Waals surface area contributed by atoms with Crippen molar-refractivity contribution in [3.8, 4) is 0 Å². The third-order valence-corrected chi connectivity index (χ3v) is 5.74. The van der Waals surface area contributed by atoms with Gasteiger partial charge in [0, 0.05) is 18.3 Å². The fourth-order valence-electron chi connectivity index (χ4n) is 1.76. The average molecular weight is 331 g/mol. The Kier molecular flexibility index (Phi) is 4.80. The Morgan fingerprint density at radius 1 is 1.40 bits per heavy atom. The number of rotatable bonds is 5. The van der Waals surface area contributed by atoms with Gasteiger partial charge in [0.25, 0.3) is 0 Å². The molecule has 1 aromatic carbocycles. The van der Waals surface area contributed by atoms with Gasteiger partial charge in [-0.2, -0.15) is 4.31 Å². The Balaban J connectivity index is 2.24. The zero-order valence-corrected chi connectivity index (χ0v) is 13.6. The number of aromatic nitrogens is 1. The highest BCUT2D eigenvalue weighted by Gasteiger charge is 2.21. The molecule has 2 rings (SSSR count). The second-order valence-electron chi connectivity index (χ2n) is 4.40. The molecule has 0 spiro atoms. The van der Waals surface area contributed by atoms with Crippen LogP contribution in [0.2, 0.25) is 0 Å². The van der Waals surface area contributed by atoms with Gasteiger partial charge in [-0.05, 0) is 24.6 Å². The van der Waals surface area contributed by atoms with E-state index in [4.69, 9.17) is 11.6 Å². The van der Waals surface area contributed by atoms with Crippen molar-refractivity contribution in [2.24, 2.45) is 0 Å². The van der Waals surface area contributed by atoms with Gasteiger partial charge >= 0.3 is 0 Å². The summed E-state index contributed by atoms with van der Waals surface area (Å²) >= 11 is 7.25. The second kappa shape index (κ2) is 6.22. The summed E-state index contributed by atoms with van der Waals surface area (Å²) in [5.74, 6) is 0.290. The molecule has 1 heterocycles. The highest BCUT2D eigenvalue weighted by Crippen LogP contribution is 2.19. The number of benzene rings is 1. The molecule has 0 saturated carbocycles. The summed E-state index contributed by atoms with van der Waals surface area (Å²) < 4.78 is 26.2. The highest BCUT2D eigenvalue weighted by atomic mass is 35.5. The SMILES string of the molecule is Cc1nc(CN(C)S(=O)(=O)c2cccc(CCl)c2)cs1. The molecule has 0 aliphatic rings. The van der Waals surface area contributed by atoms with Crippen molar-refractivity contribution in [1.82, 2.24) is 9.29 Å². The lowest BCUT2D eigenvalue weighted by Crippen LogP contribution is -2.26. The predicted octanol–water partition coefficient (Wildman–Crippen LogP) is 3.01. The molecule has 1 aromatic heterocycles. The van der Waals surface area contributed by atoms with Crippen LogP contribution in [0.25, 0.3) is 0 Å². The maximum atomic E-state index is 12.5. The number of hydrogen-bond donors (Lipinski definition) is 0. The van der Waals surface area contributed by atoms with E-state index in [0.29, 0.717) is 5.88 Å². The summed E-state index contributed by atoms with van der Waals surface area (Å²) in [4.78, 5) is 4.54. The van der Waals surface area contributed by atoms with Crippen LogP contribution in [0.4, 0.5) is 0 Å². The Hall–Kier alpha value is -0.950. The van der Waals surface area contributed by atoms with Crippen LogP contribution in [-0.4, -0.2) is 24.8 Å². The van der Waals surface area contributed by atoms with Crippen molar-refractivity contribution in [2.45, 2.75) is 24.2 Å². The normalized spacial score (nSPS) is 12.0. The first-order valence-electron chi connectivity index (χ1n) is 5.95. The first kappa shape index (κ1) is 15.4. The zero-order chi connectivity index (χ0) is 14.8. The molecule has 0 aliphatic carbocycles. The minimum atomic E-state index is -3.52. The molecular formula is C13H15ClN2O2S2. The second-order valence-corrected chi connectivity index (χ2v) is 7.77. The topological polar surface area (TPSA) is 50.3 Å². The van der Waals surface area contributed by atoms with Gasteiger partial charge in [0.05, 0.1) is 22.1 Å². The molecule has 0 amide bonds. The quantitative estimate of drug-likeness (QED) is 0.792. The molecule has 0 N–H and O–H groups in total. The van der Waals surface area contributed by atoms with Crippen molar-refractivity contribution in [3.05, 3.63) is 45.9 Å². The third kappa shape index (κ3) is 3.38. The maximum absolute atomic E-state index is 12.5. The molecule has 0 unspecified atom stereocenters. The summed E-state index contributed by atoms with van der Waals surface area (Å²) in [7, 11) is -1.97. The number of alkyl halides is 1. The molecule has 0 aliphatic heterocycles. The molecule has 0 bridgehead atoms. The van der Waals surface area contributed by atoms with E-state index in [1.807, 2.05) is 12.3 Å². The van der Waals surface area contributed by atoms with Gasteiger partial charge in [-0.25, -0.2) is 13.4 Å². The Bertz CT molecular complexity index is 698. The maximum Gasteiger partial charge on any atom is 0.243 e. The number of halogens is 1. The van der Waals surface area contributed by atoms with Crippen LogP contribution in [0.3, 0.4) is 0 Å². The summed E-state index contributed by atoms with van der Waals surface area (Å²) in [6, 6.07) is 6.68. The van der Waals surface area contributed by atoms with Crippen molar-refractivity contribution in [1.29, 1.82) is 0 Å². The van der Waals surface area contributed by atoms with Crippen molar-refractivity contribution >= 4 is 33.0 Å². The van der Waals surface area contributed by atoms with E-state index in [9.17, 15) is 8.42 Å². The molecule has 0 radical (unpaired) electrons. The summed E-state index contributed by atoms with van der Waals surface area (Å²) in [6.45, 7) is 2.16. The fraction of sp³-hybridized carbons (Fsp3) is 0.308. The molecule has 7 heteroatoms. The van der Waals surface area contributed by atoms with Gasteiger partial charge in [0.1, 0.15) is 0 Å². The Morgan fingerprint density at radius 2 is 2.15 bits per heavy atom. The molecule has 4 nitrogen and oxygen atoms in total. The van der Waals surface area contributed by atoms with Gasteiger partial charge in [-0.15, -0.1) is 22.9 Å². The van der Waals surface area contributed by atoms with Crippen LogP contribution in [0.5, 0.6) is 0 Å². The number of hydrogen-bond acceptors (Lipinski definition) is 4. The molecule has 2 aromatic rings. The Labute approximate surface area is 128 Å². The molecular weight excluding hydrogens is 316 g/mol. The van der Waals surface area contributed by atoms with Crippen LogP contribution in [0.1, 0.15) is 16.3 Å². The van der Waals surface area contributed by atoms with Gasteiger partial charge in [-0.1, -0.05) is 12.1 Å². The van der Waals surface area contributed by atoms with Gasteiger partial charge in [0.15, 0.2) is 0 Å². The largest absolute Gasteiger partial charge is 0.245 e.